The molecule has 0 bridgehead atoms. The highest BCUT2D eigenvalue weighted by molar-refractivity contribution is 5.27. The van der Waals surface area contributed by atoms with Crippen LogP contribution in [0.1, 0.15) is 24.0 Å². The summed E-state index contributed by atoms with van der Waals surface area (Å²) in [4.78, 5) is 0. The van der Waals surface area contributed by atoms with E-state index in [1.165, 1.54) is 6.07 Å². The van der Waals surface area contributed by atoms with Crippen LogP contribution in [0.25, 0.3) is 0 Å². The third kappa shape index (κ3) is 3.93. The smallest absolute Gasteiger partial charge is 0.394 e. The molecule has 1 saturated heterocycles. The SMILES string of the molecule is OCC1(NCc2ccc(F)c(C(F)(F)F)c2)CCOCC1. The number of aliphatic hydroxyl groups excluding tert-OH is 1. The number of hydrogen-bond acceptors (Lipinski definition) is 3. The van der Waals surface area contributed by atoms with Gasteiger partial charge in [-0.1, -0.05) is 6.07 Å². The number of hydrogen-bond donors (Lipinski definition) is 2. The first-order valence-corrected chi connectivity index (χ1v) is 6.66. The number of halogens is 4. The van der Waals surface area contributed by atoms with Crippen molar-refractivity contribution in [1.82, 2.24) is 5.32 Å². The van der Waals surface area contributed by atoms with E-state index in [1.807, 2.05) is 0 Å². The molecule has 2 rings (SSSR count). The molecule has 118 valence electrons. The van der Waals surface area contributed by atoms with E-state index in [4.69, 9.17) is 4.74 Å². The highest BCUT2D eigenvalue weighted by Gasteiger charge is 2.35. The average molecular weight is 307 g/mol. The van der Waals surface area contributed by atoms with Gasteiger partial charge in [0.15, 0.2) is 0 Å². The molecule has 1 fully saturated rings. The average Bonchev–Trinajstić information content (AvgIpc) is 2.46. The Labute approximate surface area is 119 Å². The molecule has 21 heavy (non-hydrogen) atoms. The topological polar surface area (TPSA) is 41.5 Å². The molecule has 3 nitrogen and oxygen atoms in total. The molecule has 1 heterocycles. The van der Waals surface area contributed by atoms with E-state index in [0.29, 0.717) is 31.6 Å². The van der Waals surface area contributed by atoms with E-state index in [9.17, 15) is 22.7 Å². The minimum absolute atomic E-state index is 0.121. The molecule has 0 radical (unpaired) electrons. The normalized spacial score (nSPS) is 18.7. The Kier molecular flexibility index (Phi) is 4.85. The Morgan fingerprint density at radius 3 is 2.48 bits per heavy atom. The van der Waals surface area contributed by atoms with Crippen molar-refractivity contribution in [1.29, 1.82) is 0 Å². The van der Waals surface area contributed by atoms with Crippen molar-refractivity contribution in [2.45, 2.75) is 31.1 Å². The second-order valence-corrected chi connectivity index (χ2v) is 5.22. The summed E-state index contributed by atoms with van der Waals surface area (Å²) < 4.78 is 56.4. The predicted octanol–water partition coefficient (Wildman–Crippen LogP) is 2.48. The van der Waals surface area contributed by atoms with Gasteiger partial charge in [-0.25, -0.2) is 4.39 Å². The summed E-state index contributed by atoms with van der Waals surface area (Å²) in [6, 6.07) is 2.92. The third-order valence-corrected chi connectivity index (χ3v) is 3.76. The molecule has 0 spiro atoms. The van der Waals surface area contributed by atoms with Crippen molar-refractivity contribution >= 4 is 0 Å². The molecule has 1 aliphatic heterocycles. The third-order valence-electron chi connectivity index (χ3n) is 3.76. The summed E-state index contributed by atoms with van der Waals surface area (Å²) in [5.74, 6) is -1.28. The second-order valence-electron chi connectivity index (χ2n) is 5.22. The monoisotopic (exact) mass is 307 g/mol. The molecule has 2 N–H and O–H groups in total. The molecule has 0 atom stereocenters. The van der Waals surface area contributed by atoms with E-state index >= 15 is 0 Å². The maximum Gasteiger partial charge on any atom is 0.419 e. The Balaban J connectivity index is 2.09. The first-order valence-electron chi connectivity index (χ1n) is 6.66. The van der Waals surface area contributed by atoms with Gasteiger partial charge < -0.3 is 15.2 Å². The van der Waals surface area contributed by atoms with Crippen LogP contribution >= 0.6 is 0 Å². The highest BCUT2D eigenvalue weighted by atomic mass is 19.4. The number of rotatable bonds is 4. The van der Waals surface area contributed by atoms with Crippen LogP contribution in [0.15, 0.2) is 18.2 Å². The van der Waals surface area contributed by atoms with E-state index in [-0.39, 0.29) is 13.2 Å². The molecule has 1 aromatic rings. The van der Waals surface area contributed by atoms with Gasteiger partial charge in [-0.05, 0) is 30.5 Å². The lowest BCUT2D eigenvalue weighted by Gasteiger charge is -2.36. The molecule has 1 aliphatic rings. The van der Waals surface area contributed by atoms with Gasteiger partial charge >= 0.3 is 6.18 Å². The number of ether oxygens (including phenoxy) is 1. The van der Waals surface area contributed by atoms with Gasteiger partial charge in [0.1, 0.15) is 5.82 Å². The number of aliphatic hydroxyl groups is 1. The van der Waals surface area contributed by atoms with E-state index in [1.54, 1.807) is 0 Å². The summed E-state index contributed by atoms with van der Waals surface area (Å²) in [7, 11) is 0. The molecule has 0 saturated carbocycles. The van der Waals surface area contributed by atoms with Crippen LogP contribution < -0.4 is 5.32 Å². The molecular formula is C14H17F4NO2. The number of alkyl halides is 3. The van der Waals surface area contributed by atoms with Crippen LogP contribution in [0.5, 0.6) is 0 Å². The fourth-order valence-electron chi connectivity index (χ4n) is 2.34. The lowest BCUT2D eigenvalue weighted by molar-refractivity contribution is -0.140. The number of benzene rings is 1. The van der Waals surface area contributed by atoms with Gasteiger partial charge in [0.05, 0.1) is 12.2 Å². The molecule has 0 unspecified atom stereocenters. The minimum atomic E-state index is -4.71. The summed E-state index contributed by atoms with van der Waals surface area (Å²) >= 11 is 0. The van der Waals surface area contributed by atoms with Gasteiger partial charge in [-0.15, -0.1) is 0 Å². The molecule has 1 aromatic carbocycles. The Morgan fingerprint density at radius 2 is 1.90 bits per heavy atom. The van der Waals surface area contributed by atoms with Crippen molar-refractivity contribution in [3.8, 4) is 0 Å². The zero-order valence-corrected chi connectivity index (χ0v) is 11.3. The van der Waals surface area contributed by atoms with Crippen molar-refractivity contribution in [2.24, 2.45) is 0 Å². The van der Waals surface area contributed by atoms with Crippen LogP contribution in [-0.2, 0) is 17.5 Å². The first kappa shape index (κ1) is 16.2. The first-order chi connectivity index (χ1) is 9.86. The van der Waals surface area contributed by atoms with Crippen molar-refractivity contribution < 1.29 is 27.4 Å². The summed E-state index contributed by atoms with van der Waals surface area (Å²) in [6.07, 6.45) is -3.55. The zero-order chi connectivity index (χ0) is 15.5. The Morgan fingerprint density at radius 1 is 1.24 bits per heavy atom. The summed E-state index contributed by atoms with van der Waals surface area (Å²) in [5.41, 5.74) is -1.50. The lowest BCUT2D eigenvalue weighted by Crippen LogP contribution is -2.51. The van der Waals surface area contributed by atoms with Gasteiger partial charge in [0.25, 0.3) is 0 Å². The maximum atomic E-state index is 13.2. The van der Waals surface area contributed by atoms with Gasteiger partial charge in [0, 0.05) is 25.3 Å². The molecule has 7 heteroatoms. The largest absolute Gasteiger partial charge is 0.419 e. The van der Waals surface area contributed by atoms with E-state index in [0.717, 1.165) is 12.1 Å². The fraction of sp³-hybridized carbons (Fsp3) is 0.571. The van der Waals surface area contributed by atoms with E-state index < -0.39 is 23.1 Å². The highest BCUT2D eigenvalue weighted by Crippen LogP contribution is 2.32. The van der Waals surface area contributed by atoms with Gasteiger partial charge in [-0.3, -0.25) is 0 Å². The van der Waals surface area contributed by atoms with Gasteiger partial charge in [0.2, 0.25) is 0 Å². The molecular weight excluding hydrogens is 290 g/mol. The van der Waals surface area contributed by atoms with Gasteiger partial charge in [-0.2, -0.15) is 13.2 Å². The molecule has 0 aromatic heterocycles. The fourth-order valence-corrected chi connectivity index (χ4v) is 2.34. The van der Waals surface area contributed by atoms with Crippen LogP contribution in [-0.4, -0.2) is 30.5 Å². The molecule has 0 aliphatic carbocycles. The summed E-state index contributed by atoms with van der Waals surface area (Å²) in [6.45, 7) is 0.989. The van der Waals surface area contributed by atoms with Crippen molar-refractivity contribution in [3.05, 3.63) is 35.1 Å². The Hall–Kier alpha value is -1.18. The second kappa shape index (κ2) is 6.29. The lowest BCUT2D eigenvalue weighted by atomic mass is 9.90. The minimum Gasteiger partial charge on any atom is -0.394 e. The summed E-state index contributed by atoms with van der Waals surface area (Å²) in [5, 5.41) is 12.6. The zero-order valence-electron chi connectivity index (χ0n) is 11.3. The Bertz CT molecular complexity index is 484. The standard InChI is InChI=1S/C14H17F4NO2/c15-12-2-1-10(7-11(12)14(16,17)18)8-19-13(9-20)3-5-21-6-4-13/h1-2,7,19-20H,3-6,8-9H2. The van der Waals surface area contributed by atoms with Crippen molar-refractivity contribution in [3.63, 3.8) is 0 Å². The quantitative estimate of drug-likeness (QED) is 0.840. The van der Waals surface area contributed by atoms with Crippen LogP contribution in [0.2, 0.25) is 0 Å². The van der Waals surface area contributed by atoms with E-state index in [2.05, 4.69) is 5.32 Å². The predicted molar refractivity (Wildman–Crippen MR) is 68.1 cm³/mol. The van der Waals surface area contributed by atoms with Crippen LogP contribution in [0.3, 0.4) is 0 Å². The van der Waals surface area contributed by atoms with Crippen molar-refractivity contribution in [2.75, 3.05) is 19.8 Å². The number of nitrogens with one attached hydrogen (secondary N) is 1. The maximum absolute atomic E-state index is 13.2. The molecule has 0 amide bonds. The van der Waals surface area contributed by atoms with Crippen LogP contribution in [0.4, 0.5) is 17.6 Å². The van der Waals surface area contributed by atoms with Crippen LogP contribution in [0, 0.1) is 5.82 Å².